The van der Waals surface area contributed by atoms with Gasteiger partial charge in [-0.15, -0.1) is 0 Å². The molecule has 21 heavy (non-hydrogen) atoms. The molecule has 3 aromatic rings. The molecular weight excluding hydrogens is 258 g/mol. The fourth-order valence-electron chi connectivity index (χ4n) is 2.80. The summed E-state index contributed by atoms with van der Waals surface area (Å²) in [5, 5.41) is 1.10. The molecule has 1 heterocycles. The van der Waals surface area contributed by atoms with Crippen molar-refractivity contribution in [2.24, 2.45) is 11.7 Å². The maximum absolute atomic E-state index is 6.47. The van der Waals surface area contributed by atoms with Crippen LogP contribution in [0, 0.1) is 5.92 Å². The number of para-hydroxylation sites is 1. The van der Waals surface area contributed by atoms with E-state index in [1.54, 1.807) is 6.26 Å². The number of rotatable bonds is 4. The summed E-state index contributed by atoms with van der Waals surface area (Å²) in [5.74, 6) is 0.645. The second kappa shape index (κ2) is 5.74. The topological polar surface area (TPSA) is 39.2 Å². The van der Waals surface area contributed by atoms with Gasteiger partial charge in [-0.05, 0) is 29.5 Å². The van der Waals surface area contributed by atoms with Crippen LogP contribution in [0.1, 0.15) is 36.6 Å². The van der Waals surface area contributed by atoms with Crippen LogP contribution in [0.25, 0.3) is 11.0 Å². The molecule has 0 aliphatic heterocycles. The highest BCUT2D eigenvalue weighted by Crippen LogP contribution is 2.29. The van der Waals surface area contributed by atoms with E-state index in [4.69, 9.17) is 10.2 Å². The molecule has 2 heteroatoms. The zero-order chi connectivity index (χ0) is 14.8. The third kappa shape index (κ3) is 2.86. The number of furan rings is 1. The Bertz CT molecular complexity index is 742. The molecule has 0 bridgehead atoms. The molecule has 0 spiro atoms. The van der Waals surface area contributed by atoms with E-state index in [0.29, 0.717) is 5.92 Å². The molecule has 0 saturated heterocycles. The number of benzene rings is 2. The van der Waals surface area contributed by atoms with Crippen molar-refractivity contribution in [2.45, 2.75) is 26.3 Å². The molecule has 3 rings (SSSR count). The lowest BCUT2D eigenvalue weighted by Crippen LogP contribution is -2.11. The lowest BCUT2D eigenvalue weighted by Gasteiger charge is -2.13. The largest absolute Gasteiger partial charge is 0.464 e. The summed E-state index contributed by atoms with van der Waals surface area (Å²) < 4.78 is 5.61. The normalized spacial score (nSPS) is 13.0. The van der Waals surface area contributed by atoms with Crippen molar-refractivity contribution in [1.82, 2.24) is 0 Å². The number of hydrogen-bond donors (Lipinski definition) is 1. The van der Waals surface area contributed by atoms with Crippen molar-refractivity contribution in [3.63, 3.8) is 0 Å². The highest BCUT2D eigenvalue weighted by atomic mass is 16.3. The van der Waals surface area contributed by atoms with Crippen LogP contribution in [0.3, 0.4) is 0 Å². The van der Waals surface area contributed by atoms with E-state index in [-0.39, 0.29) is 6.04 Å². The van der Waals surface area contributed by atoms with Gasteiger partial charge in [0.05, 0.1) is 12.3 Å². The van der Waals surface area contributed by atoms with Gasteiger partial charge in [-0.2, -0.15) is 0 Å². The van der Waals surface area contributed by atoms with Gasteiger partial charge < -0.3 is 10.2 Å². The fourth-order valence-corrected chi connectivity index (χ4v) is 2.80. The van der Waals surface area contributed by atoms with E-state index in [1.807, 2.05) is 18.2 Å². The average Bonchev–Trinajstić information content (AvgIpc) is 2.90. The summed E-state index contributed by atoms with van der Waals surface area (Å²) in [6, 6.07) is 16.4. The van der Waals surface area contributed by atoms with Gasteiger partial charge in [-0.3, -0.25) is 0 Å². The fraction of sp³-hybridized carbons (Fsp3) is 0.263. The molecule has 0 aliphatic rings. The maximum atomic E-state index is 6.47. The molecule has 1 atom stereocenters. The summed E-state index contributed by atoms with van der Waals surface area (Å²) in [7, 11) is 0. The van der Waals surface area contributed by atoms with Gasteiger partial charge in [0.1, 0.15) is 5.58 Å². The highest BCUT2D eigenvalue weighted by molar-refractivity contribution is 5.81. The van der Waals surface area contributed by atoms with Crippen LogP contribution in [0.4, 0.5) is 0 Å². The van der Waals surface area contributed by atoms with E-state index in [2.05, 4.69) is 44.2 Å². The molecule has 0 aliphatic carbocycles. The van der Waals surface area contributed by atoms with Gasteiger partial charge >= 0.3 is 0 Å². The van der Waals surface area contributed by atoms with Gasteiger partial charge in [0, 0.05) is 10.9 Å². The molecule has 1 aromatic heterocycles. The van der Waals surface area contributed by atoms with Gasteiger partial charge in [0.15, 0.2) is 0 Å². The van der Waals surface area contributed by atoms with Crippen molar-refractivity contribution >= 4 is 11.0 Å². The first-order chi connectivity index (χ1) is 10.1. The summed E-state index contributed by atoms with van der Waals surface area (Å²) in [4.78, 5) is 0. The van der Waals surface area contributed by atoms with E-state index in [1.165, 1.54) is 5.56 Å². The van der Waals surface area contributed by atoms with Crippen LogP contribution in [0.15, 0.2) is 59.2 Å². The third-order valence-corrected chi connectivity index (χ3v) is 3.80. The first-order valence-corrected chi connectivity index (χ1v) is 7.45. The molecule has 0 fully saturated rings. The molecule has 2 nitrogen and oxygen atoms in total. The molecular formula is C19H21NO. The number of fused-ring (bicyclic) bond motifs is 1. The summed E-state index contributed by atoms with van der Waals surface area (Å²) >= 11 is 0. The van der Waals surface area contributed by atoms with E-state index < -0.39 is 0 Å². The SMILES string of the molecule is CC(C)Cc1cccc(C(N)c2coc3ccccc23)c1. The van der Waals surface area contributed by atoms with Crippen LogP contribution in [0.5, 0.6) is 0 Å². The standard InChI is InChI=1S/C19H21NO/c1-13(2)10-14-6-5-7-15(11-14)19(20)17-12-21-18-9-4-3-8-16(17)18/h3-9,11-13,19H,10,20H2,1-2H3. The van der Waals surface area contributed by atoms with Gasteiger partial charge in [-0.1, -0.05) is 56.3 Å². The molecule has 1 unspecified atom stereocenters. The van der Waals surface area contributed by atoms with E-state index >= 15 is 0 Å². The van der Waals surface area contributed by atoms with Crippen LogP contribution < -0.4 is 5.73 Å². The van der Waals surface area contributed by atoms with Crippen LogP contribution in [-0.2, 0) is 6.42 Å². The quantitative estimate of drug-likeness (QED) is 0.753. The van der Waals surface area contributed by atoms with Crippen molar-refractivity contribution in [2.75, 3.05) is 0 Å². The molecule has 0 saturated carbocycles. The van der Waals surface area contributed by atoms with Crippen molar-refractivity contribution in [3.8, 4) is 0 Å². The van der Waals surface area contributed by atoms with E-state index in [0.717, 1.165) is 28.5 Å². The minimum absolute atomic E-state index is 0.152. The van der Waals surface area contributed by atoms with Crippen LogP contribution >= 0.6 is 0 Å². The third-order valence-electron chi connectivity index (χ3n) is 3.80. The first kappa shape index (κ1) is 13.9. The minimum atomic E-state index is -0.152. The maximum Gasteiger partial charge on any atom is 0.134 e. The zero-order valence-electron chi connectivity index (χ0n) is 12.5. The second-order valence-corrected chi connectivity index (χ2v) is 6.01. The van der Waals surface area contributed by atoms with Crippen molar-refractivity contribution in [1.29, 1.82) is 0 Å². The molecule has 0 amide bonds. The second-order valence-electron chi connectivity index (χ2n) is 6.01. The molecule has 2 N–H and O–H groups in total. The first-order valence-electron chi connectivity index (χ1n) is 7.45. The highest BCUT2D eigenvalue weighted by Gasteiger charge is 2.15. The Hall–Kier alpha value is -2.06. The van der Waals surface area contributed by atoms with Gasteiger partial charge in [0.25, 0.3) is 0 Å². The predicted molar refractivity (Wildman–Crippen MR) is 87.2 cm³/mol. The minimum Gasteiger partial charge on any atom is -0.464 e. The number of nitrogens with two attached hydrogens (primary N) is 1. The Balaban J connectivity index is 1.96. The molecule has 108 valence electrons. The lowest BCUT2D eigenvalue weighted by molar-refractivity contribution is 0.607. The smallest absolute Gasteiger partial charge is 0.134 e. The molecule has 2 aromatic carbocycles. The number of hydrogen-bond acceptors (Lipinski definition) is 2. The summed E-state index contributed by atoms with van der Waals surface area (Å²) in [6.07, 6.45) is 2.86. The Labute approximate surface area is 125 Å². The van der Waals surface area contributed by atoms with E-state index in [9.17, 15) is 0 Å². The Morgan fingerprint density at radius 3 is 2.67 bits per heavy atom. The lowest BCUT2D eigenvalue weighted by atomic mass is 9.95. The molecule has 0 radical (unpaired) electrons. The average molecular weight is 279 g/mol. The monoisotopic (exact) mass is 279 g/mol. The van der Waals surface area contributed by atoms with Crippen LogP contribution in [0.2, 0.25) is 0 Å². The van der Waals surface area contributed by atoms with Gasteiger partial charge in [0.2, 0.25) is 0 Å². The predicted octanol–water partition coefficient (Wildman–Crippen LogP) is 4.68. The van der Waals surface area contributed by atoms with Crippen LogP contribution in [-0.4, -0.2) is 0 Å². The van der Waals surface area contributed by atoms with Crippen molar-refractivity contribution < 1.29 is 4.42 Å². The summed E-state index contributed by atoms with van der Waals surface area (Å²) in [6.45, 7) is 4.46. The van der Waals surface area contributed by atoms with Crippen molar-refractivity contribution in [3.05, 3.63) is 71.5 Å². The summed E-state index contributed by atoms with van der Waals surface area (Å²) in [5.41, 5.74) is 10.9. The Kier molecular flexibility index (Phi) is 3.80. The van der Waals surface area contributed by atoms with Gasteiger partial charge in [-0.25, -0.2) is 0 Å². The Morgan fingerprint density at radius 2 is 1.86 bits per heavy atom. The zero-order valence-corrected chi connectivity index (χ0v) is 12.5. The Morgan fingerprint density at radius 1 is 1.05 bits per heavy atom.